The van der Waals surface area contributed by atoms with Crippen molar-refractivity contribution < 1.29 is 23.8 Å². The highest BCUT2D eigenvalue weighted by molar-refractivity contribution is 14.1. The van der Waals surface area contributed by atoms with Crippen LogP contribution in [-0.4, -0.2) is 19.0 Å². The summed E-state index contributed by atoms with van der Waals surface area (Å²) in [6.45, 7) is 2.53. The van der Waals surface area contributed by atoms with Gasteiger partial charge in [-0.2, -0.15) is 0 Å². The van der Waals surface area contributed by atoms with Crippen molar-refractivity contribution in [2.45, 2.75) is 13.8 Å². The maximum Gasteiger partial charge on any atom is 0.308 e. The first-order valence-electron chi connectivity index (χ1n) is 4.69. The van der Waals surface area contributed by atoms with Gasteiger partial charge in [-0.3, -0.25) is 9.59 Å². The largest absolute Gasteiger partial charge is 0.492 e. The molecule has 0 amide bonds. The number of carbonyl (C=O) groups is 2. The van der Waals surface area contributed by atoms with E-state index in [0.717, 1.165) is 3.57 Å². The molecular weight excluding hydrogens is 339 g/mol. The van der Waals surface area contributed by atoms with Crippen molar-refractivity contribution in [1.82, 2.24) is 0 Å². The Morgan fingerprint density at radius 1 is 1.06 bits per heavy atom. The average Bonchev–Trinajstić information content (AvgIpc) is 2.21. The number of rotatable bonds is 3. The van der Waals surface area contributed by atoms with E-state index < -0.39 is 11.9 Å². The zero-order valence-electron chi connectivity index (χ0n) is 9.57. The molecule has 0 atom stereocenters. The Morgan fingerprint density at radius 3 is 2.12 bits per heavy atom. The van der Waals surface area contributed by atoms with Gasteiger partial charge in [-0.25, -0.2) is 0 Å². The minimum absolute atomic E-state index is 0.113. The number of methoxy groups -OCH3 is 1. The van der Waals surface area contributed by atoms with Crippen LogP contribution in [0.25, 0.3) is 0 Å². The number of hydrogen-bond donors (Lipinski definition) is 0. The van der Waals surface area contributed by atoms with Crippen LogP contribution in [0.3, 0.4) is 0 Å². The van der Waals surface area contributed by atoms with Crippen molar-refractivity contribution in [1.29, 1.82) is 0 Å². The Balaban J connectivity index is 3.28. The summed E-state index contributed by atoms with van der Waals surface area (Å²) in [7, 11) is 1.45. The van der Waals surface area contributed by atoms with E-state index in [2.05, 4.69) is 0 Å². The molecular formula is C11H11IO5. The van der Waals surface area contributed by atoms with Gasteiger partial charge >= 0.3 is 11.9 Å². The lowest BCUT2D eigenvalue weighted by Gasteiger charge is -2.13. The Labute approximate surface area is 112 Å². The molecule has 0 N–H and O–H groups in total. The van der Waals surface area contributed by atoms with Gasteiger partial charge in [-0.15, -0.1) is 0 Å². The van der Waals surface area contributed by atoms with E-state index in [1.807, 2.05) is 22.6 Å². The molecule has 0 radical (unpaired) electrons. The van der Waals surface area contributed by atoms with Crippen molar-refractivity contribution >= 4 is 34.5 Å². The molecule has 0 aliphatic carbocycles. The minimum atomic E-state index is -0.515. The first kappa shape index (κ1) is 13.8. The van der Waals surface area contributed by atoms with Crippen molar-refractivity contribution in [2.75, 3.05) is 7.11 Å². The van der Waals surface area contributed by atoms with Gasteiger partial charge < -0.3 is 14.2 Å². The molecule has 5 nitrogen and oxygen atoms in total. The monoisotopic (exact) mass is 350 g/mol. The smallest absolute Gasteiger partial charge is 0.308 e. The van der Waals surface area contributed by atoms with Crippen molar-refractivity contribution in [2.24, 2.45) is 0 Å². The summed E-state index contributed by atoms with van der Waals surface area (Å²) in [6, 6.07) is 3.24. The fourth-order valence-electron chi connectivity index (χ4n) is 1.19. The summed E-state index contributed by atoms with van der Waals surface area (Å²) < 4.78 is 15.8. The molecule has 1 aromatic rings. The SMILES string of the molecule is COc1c(I)ccc(OC(C)=O)c1OC(C)=O. The molecule has 6 heteroatoms. The van der Waals surface area contributed by atoms with Crippen LogP contribution in [0.2, 0.25) is 0 Å². The molecule has 0 fully saturated rings. The minimum Gasteiger partial charge on any atom is -0.492 e. The third-order valence-corrected chi connectivity index (χ3v) is 2.58. The van der Waals surface area contributed by atoms with Crippen LogP contribution < -0.4 is 14.2 Å². The van der Waals surface area contributed by atoms with E-state index >= 15 is 0 Å². The highest BCUT2D eigenvalue weighted by atomic mass is 127. The molecule has 0 heterocycles. The quantitative estimate of drug-likeness (QED) is 0.475. The fraction of sp³-hybridized carbons (Fsp3) is 0.273. The van der Waals surface area contributed by atoms with E-state index in [0.29, 0.717) is 5.75 Å². The van der Waals surface area contributed by atoms with Gasteiger partial charge in [0.05, 0.1) is 10.7 Å². The molecule has 0 spiro atoms. The third-order valence-electron chi connectivity index (χ3n) is 1.73. The molecule has 0 aromatic heterocycles. The zero-order chi connectivity index (χ0) is 13.0. The number of carbonyl (C=O) groups excluding carboxylic acids is 2. The summed E-state index contributed by atoms with van der Waals surface area (Å²) in [5.74, 6) is -0.382. The van der Waals surface area contributed by atoms with Gasteiger partial charge in [0, 0.05) is 13.8 Å². The van der Waals surface area contributed by atoms with Gasteiger partial charge in [0.1, 0.15) is 0 Å². The summed E-state index contributed by atoms with van der Waals surface area (Å²) in [5.41, 5.74) is 0. The number of hydrogen-bond acceptors (Lipinski definition) is 5. The highest BCUT2D eigenvalue weighted by Crippen LogP contribution is 2.40. The van der Waals surface area contributed by atoms with Crippen LogP contribution in [0, 0.1) is 3.57 Å². The number of ether oxygens (including phenoxy) is 3. The Morgan fingerprint density at radius 2 is 1.65 bits per heavy atom. The Bertz CT molecular complexity index is 455. The Kier molecular flexibility index (Phi) is 4.73. The van der Waals surface area contributed by atoms with Crippen LogP contribution in [0.15, 0.2) is 12.1 Å². The summed E-state index contributed by atoms with van der Waals surface area (Å²) >= 11 is 2.03. The second-order valence-corrected chi connectivity index (χ2v) is 4.26. The van der Waals surface area contributed by atoms with E-state index in [4.69, 9.17) is 14.2 Å². The lowest BCUT2D eigenvalue weighted by Crippen LogP contribution is -2.08. The van der Waals surface area contributed by atoms with Crippen molar-refractivity contribution in [3.63, 3.8) is 0 Å². The first-order valence-corrected chi connectivity index (χ1v) is 5.77. The molecule has 0 unspecified atom stereocenters. The molecule has 1 aromatic carbocycles. The normalized spacial score (nSPS) is 9.65. The van der Waals surface area contributed by atoms with E-state index in [9.17, 15) is 9.59 Å². The van der Waals surface area contributed by atoms with Crippen LogP contribution in [0.5, 0.6) is 17.2 Å². The molecule has 0 aliphatic rings. The van der Waals surface area contributed by atoms with E-state index in [1.165, 1.54) is 21.0 Å². The predicted molar refractivity (Wildman–Crippen MR) is 68.3 cm³/mol. The van der Waals surface area contributed by atoms with Gasteiger partial charge in [0.15, 0.2) is 11.5 Å². The number of benzene rings is 1. The predicted octanol–water partition coefficient (Wildman–Crippen LogP) is 2.15. The summed E-state index contributed by atoms with van der Waals surface area (Å²) in [6.07, 6.45) is 0. The second kappa shape index (κ2) is 5.85. The standard InChI is InChI=1S/C11H11IO5/c1-6(13)16-9-5-4-8(12)10(15-3)11(9)17-7(2)14/h4-5H,1-3H3. The van der Waals surface area contributed by atoms with Crippen LogP contribution >= 0.6 is 22.6 Å². The van der Waals surface area contributed by atoms with Gasteiger partial charge in [-0.1, -0.05) is 0 Å². The van der Waals surface area contributed by atoms with Crippen molar-refractivity contribution in [3.8, 4) is 17.2 Å². The molecule has 1 rings (SSSR count). The van der Waals surface area contributed by atoms with Crippen molar-refractivity contribution in [3.05, 3.63) is 15.7 Å². The van der Waals surface area contributed by atoms with Crippen LogP contribution in [-0.2, 0) is 9.59 Å². The summed E-state index contributed by atoms with van der Waals surface area (Å²) in [4.78, 5) is 21.9. The molecule has 17 heavy (non-hydrogen) atoms. The molecule has 0 bridgehead atoms. The Hall–Kier alpha value is -1.31. The molecule has 92 valence electrons. The number of esters is 2. The lowest BCUT2D eigenvalue weighted by molar-refractivity contribution is -0.134. The van der Waals surface area contributed by atoms with Gasteiger partial charge in [0.2, 0.25) is 5.75 Å². The third kappa shape index (κ3) is 3.58. The lowest BCUT2D eigenvalue weighted by atomic mass is 10.3. The fourth-order valence-corrected chi connectivity index (χ4v) is 1.83. The first-order chi connectivity index (χ1) is 7.95. The average molecular weight is 350 g/mol. The number of halogens is 1. The van der Waals surface area contributed by atoms with Crippen LogP contribution in [0.4, 0.5) is 0 Å². The zero-order valence-corrected chi connectivity index (χ0v) is 11.7. The van der Waals surface area contributed by atoms with E-state index in [1.54, 1.807) is 12.1 Å². The van der Waals surface area contributed by atoms with Gasteiger partial charge in [-0.05, 0) is 34.7 Å². The summed E-state index contributed by atoms with van der Waals surface area (Å²) in [5, 5.41) is 0. The van der Waals surface area contributed by atoms with E-state index in [-0.39, 0.29) is 11.5 Å². The highest BCUT2D eigenvalue weighted by Gasteiger charge is 2.18. The second-order valence-electron chi connectivity index (χ2n) is 3.10. The topological polar surface area (TPSA) is 61.8 Å². The van der Waals surface area contributed by atoms with Crippen LogP contribution in [0.1, 0.15) is 13.8 Å². The van der Waals surface area contributed by atoms with Gasteiger partial charge in [0.25, 0.3) is 0 Å². The molecule has 0 saturated heterocycles. The maximum atomic E-state index is 11.0. The maximum absolute atomic E-state index is 11.0. The molecule has 0 saturated carbocycles. The molecule has 0 aliphatic heterocycles.